The van der Waals surface area contributed by atoms with Gasteiger partial charge in [0, 0.05) is 63.4 Å². The van der Waals surface area contributed by atoms with Crippen LogP contribution in [-0.2, 0) is 0 Å². The molecule has 162 valence electrons. The molecular weight excluding hydrogens is 462 g/mol. The Morgan fingerprint density at radius 3 is 2.00 bits per heavy atom. The van der Waals surface area contributed by atoms with Crippen molar-refractivity contribution < 1.29 is 0 Å². The van der Waals surface area contributed by atoms with Crippen molar-refractivity contribution in [3.05, 3.63) is 103 Å². The second-order valence-corrected chi connectivity index (χ2v) is 11.5. The van der Waals surface area contributed by atoms with E-state index in [-0.39, 0.29) is 0 Å². The van der Waals surface area contributed by atoms with Crippen LogP contribution in [0.25, 0.3) is 78.3 Å². The fourth-order valence-corrected chi connectivity index (χ4v) is 8.47. The van der Waals surface area contributed by atoms with E-state index in [2.05, 4.69) is 108 Å². The van der Waals surface area contributed by atoms with Gasteiger partial charge in [-0.25, -0.2) is 0 Å². The summed E-state index contributed by atoms with van der Waals surface area (Å²) in [5.74, 6) is 0. The molecule has 35 heavy (non-hydrogen) atoms. The van der Waals surface area contributed by atoms with E-state index in [1.807, 2.05) is 22.7 Å². The van der Waals surface area contributed by atoms with E-state index < -0.39 is 0 Å². The normalized spacial score (nSPS) is 12.6. The van der Waals surface area contributed by atoms with Crippen LogP contribution in [0.2, 0.25) is 0 Å². The lowest BCUT2D eigenvalue weighted by Gasteiger charge is -2.12. The zero-order valence-corrected chi connectivity index (χ0v) is 20.2. The number of nitrogens with zero attached hydrogens (tertiary/aromatic N) is 1. The Bertz CT molecular complexity index is 2330. The highest BCUT2D eigenvalue weighted by molar-refractivity contribution is 7.27. The molecule has 5 aromatic carbocycles. The Balaban J connectivity index is 1.67. The minimum atomic E-state index is 1.29. The SMILES string of the molecule is c1ccc2c(c1)cn1c3c(ccc4c5ccccc5sc43)c3ccc4sc5ccccc5c4c3c21. The Morgan fingerprint density at radius 2 is 1.11 bits per heavy atom. The second kappa shape index (κ2) is 6.39. The van der Waals surface area contributed by atoms with E-state index >= 15 is 0 Å². The maximum absolute atomic E-state index is 2.49. The summed E-state index contributed by atoms with van der Waals surface area (Å²) in [5.41, 5.74) is 2.64. The Labute approximate surface area is 208 Å². The third-order valence-electron chi connectivity index (χ3n) is 7.56. The highest BCUT2D eigenvalue weighted by Gasteiger charge is 2.20. The monoisotopic (exact) mass is 479 g/mol. The molecule has 0 bridgehead atoms. The first kappa shape index (κ1) is 18.4. The molecule has 4 heterocycles. The van der Waals surface area contributed by atoms with Gasteiger partial charge in [0.2, 0.25) is 0 Å². The molecule has 0 aliphatic rings. The minimum absolute atomic E-state index is 1.29. The number of fused-ring (bicyclic) bond motifs is 16. The van der Waals surface area contributed by atoms with Crippen LogP contribution >= 0.6 is 22.7 Å². The summed E-state index contributed by atoms with van der Waals surface area (Å²) in [6.45, 7) is 0. The second-order valence-electron chi connectivity index (χ2n) is 9.33. The number of pyridine rings is 1. The number of aromatic nitrogens is 1. The molecule has 4 aromatic heterocycles. The van der Waals surface area contributed by atoms with Crippen LogP contribution in [0.4, 0.5) is 0 Å². The van der Waals surface area contributed by atoms with Gasteiger partial charge in [0.05, 0.1) is 15.7 Å². The van der Waals surface area contributed by atoms with E-state index in [0.717, 1.165) is 0 Å². The molecule has 9 rings (SSSR count). The zero-order valence-electron chi connectivity index (χ0n) is 18.6. The largest absolute Gasteiger partial charge is 0.313 e. The predicted molar refractivity (Wildman–Crippen MR) is 156 cm³/mol. The summed E-state index contributed by atoms with van der Waals surface area (Å²) in [4.78, 5) is 0. The fraction of sp³-hybridized carbons (Fsp3) is 0. The summed E-state index contributed by atoms with van der Waals surface area (Å²) in [6, 6.07) is 35.9. The lowest BCUT2D eigenvalue weighted by atomic mass is 9.98. The van der Waals surface area contributed by atoms with Crippen LogP contribution in [0.1, 0.15) is 0 Å². The molecule has 0 aliphatic heterocycles. The van der Waals surface area contributed by atoms with Gasteiger partial charge in [0.25, 0.3) is 0 Å². The molecule has 0 unspecified atom stereocenters. The minimum Gasteiger partial charge on any atom is -0.313 e. The third-order valence-corrected chi connectivity index (χ3v) is 9.89. The first-order valence-corrected chi connectivity index (χ1v) is 13.5. The van der Waals surface area contributed by atoms with E-state index in [0.29, 0.717) is 0 Å². The zero-order chi connectivity index (χ0) is 22.7. The van der Waals surface area contributed by atoms with Crippen molar-refractivity contribution in [3.8, 4) is 0 Å². The number of rotatable bonds is 0. The van der Waals surface area contributed by atoms with Crippen molar-refractivity contribution in [3.63, 3.8) is 0 Å². The molecular formula is C32H17NS2. The summed E-state index contributed by atoms with van der Waals surface area (Å²) in [7, 11) is 0. The molecule has 0 spiro atoms. The Hall–Kier alpha value is -3.92. The Kier molecular flexibility index (Phi) is 3.36. The van der Waals surface area contributed by atoms with Crippen LogP contribution < -0.4 is 0 Å². The molecule has 3 heteroatoms. The van der Waals surface area contributed by atoms with Crippen LogP contribution in [0.5, 0.6) is 0 Å². The van der Waals surface area contributed by atoms with Gasteiger partial charge >= 0.3 is 0 Å². The average Bonchev–Trinajstić information content (AvgIpc) is 3.59. The van der Waals surface area contributed by atoms with Gasteiger partial charge in [-0.3, -0.25) is 0 Å². The fourth-order valence-electron chi connectivity index (χ4n) is 6.11. The number of benzene rings is 5. The average molecular weight is 480 g/mol. The molecule has 0 radical (unpaired) electrons. The van der Waals surface area contributed by atoms with Crippen molar-refractivity contribution in [1.29, 1.82) is 0 Å². The summed E-state index contributed by atoms with van der Waals surface area (Å²) in [6.07, 6.45) is 2.35. The molecule has 9 aromatic rings. The van der Waals surface area contributed by atoms with Crippen molar-refractivity contribution in [2.45, 2.75) is 0 Å². The standard InChI is InChI=1S/C32H17NS2/c1-2-8-19-18(7-1)17-33-30(19)29-21(15-16-27-28(29)24-10-4-6-12-26(24)34-27)22-13-14-23-20-9-3-5-11-25(20)35-32(23)31(22)33/h1-17H. The molecule has 0 fully saturated rings. The van der Waals surface area contributed by atoms with Gasteiger partial charge in [-0.2, -0.15) is 0 Å². The number of thiophene rings is 2. The van der Waals surface area contributed by atoms with Gasteiger partial charge in [-0.15, -0.1) is 22.7 Å². The summed E-state index contributed by atoms with van der Waals surface area (Å²) >= 11 is 3.81. The van der Waals surface area contributed by atoms with Crippen LogP contribution in [-0.4, -0.2) is 4.40 Å². The van der Waals surface area contributed by atoms with E-state index in [9.17, 15) is 0 Å². The lowest BCUT2D eigenvalue weighted by Crippen LogP contribution is -1.90. The maximum Gasteiger partial charge on any atom is 0.0714 e. The molecule has 0 N–H and O–H groups in total. The number of hydrogen-bond acceptors (Lipinski definition) is 2. The van der Waals surface area contributed by atoms with Gasteiger partial charge in [-0.1, -0.05) is 78.9 Å². The van der Waals surface area contributed by atoms with E-state index in [1.54, 1.807) is 0 Å². The van der Waals surface area contributed by atoms with Gasteiger partial charge in [0.1, 0.15) is 0 Å². The highest BCUT2D eigenvalue weighted by Crippen LogP contribution is 2.47. The van der Waals surface area contributed by atoms with E-state index in [1.165, 1.54) is 78.3 Å². The predicted octanol–water partition coefficient (Wildman–Crippen LogP) is 10.1. The van der Waals surface area contributed by atoms with Gasteiger partial charge in [-0.05, 0) is 23.6 Å². The quantitative estimate of drug-likeness (QED) is 0.191. The summed E-state index contributed by atoms with van der Waals surface area (Å²) < 4.78 is 7.91. The lowest BCUT2D eigenvalue weighted by molar-refractivity contribution is 1.31. The summed E-state index contributed by atoms with van der Waals surface area (Å²) in [5, 5.41) is 12.1. The van der Waals surface area contributed by atoms with Crippen LogP contribution in [0.15, 0.2) is 103 Å². The van der Waals surface area contributed by atoms with Gasteiger partial charge < -0.3 is 4.40 Å². The molecule has 0 amide bonds. The molecule has 0 saturated heterocycles. The maximum atomic E-state index is 2.49. The van der Waals surface area contributed by atoms with Crippen molar-refractivity contribution >= 4 is 101 Å². The molecule has 1 nitrogen and oxygen atoms in total. The first-order chi connectivity index (χ1) is 17.4. The van der Waals surface area contributed by atoms with Crippen molar-refractivity contribution in [1.82, 2.24) is 4.40 Å². The topological polar surface area (TPSA) is 4.41 Å². The molecule has 0 atom stereocenters. The van der Waals surface area contributed by atoms with Crippen molar-refractivity contribution in [2.24, 2.45) is 0 Å². The molecule has 0 aliphatic carbocycles. The molecule has 0 saturated carbocycles. The Morgan fingerprint density at radius 1 is 0.429 bits per heavy atom. The van der Waals surface area contributed by atoms with Crippen LogP contribution in [0.3, 0.4) is 0 Å². The van der Waals surface area contributed by atoms with Gasteiger partial charge in [0.15, 0.2) is 0 Å². The third kappa shape index (κ3) is 2.23. The smallest absolute Gasteiger partial charge is 0.0714 e. The first-order valence-electron chi connectivity index (χ1n) is 11.9. The van der Waals surface area contributed by atoms with E-state index in [4.69, 9.17) is 0 Å². The van der Waals surface area contributed by atoms with Crippen molar-refractivity contribution in [2.75, 3.05) is 0 Å². The van der Waals surface area contributed by atoms with Crippen LogP contribution in [0, 0.1) is 0 Å². The highest BCUT2D eigenvalue weighted by atomic mass is 32.1. The number of hydrogen-bond donors (Lipinski definition) is 0.